The summed E-state index contributed by atoms with van der Waals surface area (Å²) in [6.45, 7) is 3.03. The van der Waals surface area contributed by atoms with Gasteiger partial charge in [0.15, 0.2) is 16.6 Å². The number of aryl methyl sites for hydroxylation is 1. The highest BCUT2D eigenvalue weighted by atomic mass is 32.2. The van der Waals surface area contributed by atoms with E-state index < -0.39 is 10.0 Å². The number of furan rings is 1. The molecule has 0 saturated carbocycles. The Morgan fingerprint density at radius 3 is 2.64 bits per heavy atom. The maximum absolute atomic E-state index is 11.7. The van der Waals surface area contributed by atoms with Gasteiger partial charge in [-0.3, -0.25) is 0 Å². The highest BCUT2D eigenvalue weighted by Gasteiger charge is 2.30. The van der Waals surface area contributed by atoms with Crippen LogP contribution in [0.4, 0.5) is 0 Å². The molecule has 0 aliphatic carbocycles. The Labute approximate surface area is 165 Å². The summed E-state index contributed by atoms with van der Waals surface area (Å²) in [5.41, 5.74) is 1.90. The summed E-state index contributed by atoms with van der Waals surface area (Å²) in [6.07, 6.45) is 2.68. The first-order chi connectivity index (χ1) is 13.4. The van der Waals surface area contributed by atoms with Crippen molar-refractivity contribution in [3.05, 3.63) is 35.7 Å². The molecule has 3 aromatic heterocycles. The number of para-hydroxylation sites is 1. The number of benzene rings is 1. The largest absolute Gasteiger partial charge is 0.453 e. The Kier molecular flexibility index (Phi) is 4.04. The van der Waals surface area contributed by atoms with Crippen molar-refractivity contribution in [2.24, 2.45) is 0 Å². The van der Waals surface area contributed by atoms with Gasteiger partial charge in [-0.05, 0) is 25.8 Å². The van der Waals surface area contributed by atoms with Crippen molar-refractivity contribution < 1.29 is 12.8 Å². The van der Waals surface area contributed by atoms with E-state index in [2.05, 4.69) is 10.2 Å². The average Bonchev–Trinajstić information content (AvgIpc) is 3.34. The molecule has 5 rings (SSSR count). The Morgan fingerprint density at radius 1 is 1.18 bits per heavy atom. The summed E-state index contributed by atoms with van der Waals surface area (Å²) < 4.78 is 32.8. The molecule has 0 bridgehead atoms. The monoisotopic (exact) mass is 417 g/mol. The topological polar surface area (TPSA) is 93.6 Å². The van der Waals surface area contributed by atoms with Crippen LogP contribution in [0.2, 0.25) is 0 Å². The zero-order chi connectivity index (χ0) is 19.5. The number of hydrogen-bond acceptors (Lipinski definition) is 7. The van der Waals surface area contributed by atoms with E-state index in [0.717, 1.165) is 38.1 Å². The van der Waals surface area contributed by atoms with Crippen LogP contribution in [-0.2, 0) is 10.0 Å². The Hall–Kier alpha value is -2.30. The van der Waals surface area contributed by atoms with E-state index in [-0.39, 0.29) is 5.92 Å². The van der Waals surface area contributed by atoms with Crippen LogP contribution in [0.15, 0.2) is 28.7 Å². The third-order valence-corrected chi connectivity index (χ3v) is 7.54. The molecule has 0 atom stereocenters. The molecule has 0 radical (unpaired) electrons. The molecule has 0 amide bonds. The number of aromatic nitrogens is 4. The molecule has 4 aromatic rings. The Morgan fingerprint density at radius 2 is 1.93 bits per heavy atom. The van der Waals surface area contributed by atoms with Gasteiger partial charge in [-0.15, -0.1) is 15.3 Å². The molecule has 28 heavy (non-hydrogen) atoms. The van der Waals surface area contributed by atoms with E-state index in [1.807, 2.05) is 31.2 Å². The summed E-state index contributed by atoms with van der Waals surface area (Å²) in [7, 11) is -3.15. The van der Waals surface area contributed by atoms with E-state index in [9.17, 15) is 8.42 Å². The molecule has 1 aliphatic rings. The van der Waals surface area contributed by atoms with Crippen molar-refractivity contribution in [3.8, 4) is 10.8 Å². The minimum atomic E-state index is -3.15. The fourth-order valence-corrected chi connectivity index (χ4v) is 5.56. The molecule has 1 aromatic carbocycles. The zero-order valence-corrected chi connectivity index (χ0v) is 17.1. The van der Waals surface area contributed by atoms with Crippen molar-refractivity contribution in [1.82, 2.24) is 24.1 Å². The molecule has 10 heteroatoms. The number of piperidine rings is 1. The quantitative estimate of drug-likeness (QED) is 0.509. The SMILES string of the molecule is Cc1c(-c2nn3c(C4CCN(S(C)(=O)=O)CC4)nnc3s2)oc2ccccc12. The first-order valence-corrected chi connectivity index (χ1v) is 11.7. The van der Waals surface area contributed by atoms with Gasteiger partial charge in [0.2, 0.25) is 15.0 Å². The number of nitrogens with zero attached hydrogens (tertiary/aromatic N) is 5. The third kappa shape index (κ3) is 2.83. The molecular weight excluding hydrogens is 398 g/mol. The van der Waals surface area contributed by atoms with Crippen LogP contribution >= 0.6 is 11.3 Å². The molecule has 4 heterocycles. The van der Waals surface area contributed by atoms with Gasteiger partial charge in [-0.25, -0.2) is 12.7 Å². The second-order valence-electron chi connectivity index (χ2n) is 7.15. The number of sulfonamides is 1. The van der Waals surface area contributed by atoms with Gasteiger partial charge in [0.25, 0.3) is 0 Å². The van der Waals surface area contributed by atoms with Crippen LogP contribution in [0.1, 0.15) is 30.1 Å². The fourth-order valence-electron chi connectivity index (χ4n) is 3.80. The predicted molar refractivity (Wildman–Crippen MR) is 107 cm³/mol. The maximum atomic E-state index is 11.7. The van der Waals surface area contributed by atoms with Gasteiger partial charge in [-0.2, -0.15) is 4.52 Å². The van der Waals surface area contributed by atoms with Crippen molar-refractivity contribution in [3.63, 3.8) is 0 Å². The molecule has 1 fully saturated rings. The van der Waals surface area contributed by atoms with Crippen LogP contribution in [-0.4, -0.2) is 51.9 Å². The Bertz CT molecular complexity index is 1280. The van der Waals surface area contributed by atoms with E-state index in [1.54, 1.807) is 4.52 Å². The number of hydrogen-bond donors (Lipinski definition) is 0. The summed E-state index contributed by atoms with van der Waals surface area (Å²) in [6, 6.07) is 7.94. The van der Waals surface area contributed by atoms with Gasteiger partial charge in [-0.1, -0.05) is 29.5 Å². The summed E-state index contributed by atoms with van der Waals surface area (Å²) in [5.74, 6) is 1.69. The lowest BCUT2D eigenvalue weighted by Crippen LogP contribution is -2.37. The smallest absolute Gasteiger partial charge is 0.235 e. The van der Waals surface area contributed by atoms with Crippen LogP contribution in [0, 0.1) is 6.92 Å². The zero-order valence-electron chi connectivity index (χ0n) is 15.5. The lowest BCUT2D eigenvalue weighted by molar-refractivity contribution is 0.313. The first kappa shape index (κ1) is 17.8. The van der Waals surface area contributed by atoms with Gasteiger partial charge in [0, 0.05) is 30.0 Å². The van der Waals surface area contributed by atoms with Gasteiger partial charge in [0.1, 0.15) is 5.58 Å². The first-order valence-electron chi connectivity index (χ1n) is 9.07. The molecule has 0 N–H and O–H groups in total. The molecule has 1 saturated heterocycles. The van der Waals surface area contributed by atoms with Crippen molar-refractivity contribution in [2.45, 2.75) is 25.7 Å². The predicted octanol–water partition coefficient (Wildman–Crippen LogP) is 3.05. The van der Waals surface area contributed by atoms with E-state index in [0.29, 0.717) is 25.9 Å². The van der Waals surface area contributed by atoms with E-state index in [4.69, 9.17) is 9.52 Å². The fraction of sp³-hybridized carbons (Fsp3) is 0.389. The second-order valence-corrected chi connectivity index (χ2v) is 10.1. The van der Waals surface area contributed by atoms with Crippen molar-refractivity contribution >= 4 is 37.3 Å². The minimum absolute atomic E-state index is 0.139. The summed E-state index contributed by atoms with van der Waals surface area (Å²) >= 11 is 1.45. The van der Waals surface area contributed by atoms with Gasteiger partial charge < -0.3 is 4.42 Å². The molecule has 0 unspecified atom stereocenters. The van der Waals surface area contributed by atoms with Crippen LogP contribution in [0.5, 0.6) is 0 Å². The molecule has 1 aliphatic heterocycles. The molecule has 0 spiro atoms. The molecular formula is C18H19N5O3S2. The maximum Gasteiger partial charge on any atom is 0.235 e. The second kappa shape index (κ2) is 6.36. The van der Waals surface area contributed by atoms with Gasteiger partial charge >= 0.3 is 0 Å². The minimum Gasteiger partial charge on any atom is -0.453 e. The molecule has 8 nitrogen and oxygen atoms in total. The highest BCUT2D eigenvalue weighted by Crippen LogP contribution is 2.36. The lowest BCUT2D eigenvalue weighted by atomic mass is 9.97. The third-order valence-electron chi connectivity index (χ3n) is 5.34. The lowest BCUT2D eigenvalue weighted by Gasteiger charge is -2.28. The molecule has 146 valence electrons. The van der Waals surface area contributed by atoms with Crippen molar-refractivity contribution in [2.75, 3.05) is 19.3 Å². The van der Waals surface area contributed by atoms with E-state index in [1.165, 1.54) is 21.9 Å². The summed E-state index contributed by atoms with van der Waals surface area (Å²) in [5, 5.41) is 15.2. The standard InChI is InChI=1S/C18H19N5O3S2/c1-11-13-5-3-4-6-14(13)26-15(11)17-21-23-16(19-20-18(23)27-17)12-7-9-22(10-8-12)28(2,24)25/h3-6,12H,7-10H2,1-2H3. The highest BCUT2D eigenvalue weighted by molar-refractivity contribution is 7.88. The number of rotatable bonds is 3. The average molecular weight is 418 g/mol. The van der Waals surface area contributed by atoms with E-state index >= 15 is 0 Å². The van der Waals surface area contributed by atoms with Gasteiger partial charge in [0.05, 0.1) is 6.26 Å². The van der Waals surface area contributed by atoms with Crippen molar-refractivity contribution in [1.29, 1.82) is 0 Å². The Balaban J connectivity index is 1.49. The number of fused-ring (bicyclic) bond motifs is 2. The summed E-state index contributed by atoms with van der Waals surface area (Å²) in [4.78, 5) is 0.718. The normalized spacial score (nSPS) is 17.1. The van der Waals surface area contributed by atoms with Crippen LogP contribution in [0.3, 0.4) is 0 Å². The van der Waals surface area contributed by atoms with Crippen LogP contribution < -0.4 is 0 Å². The van der Waals surface area contributed by atoms with Crippen LogP contribution in [0.25, 0.3) is 26.7 Å².